The number of benzene rings is 3. The van der Waals surface area contributed by atoms with Crippen molar-refractivity contribution in [2.75, 3.05) is 24.1 Å². The Morgan fingerprint density at radius 2 is 1.51 bits per heavy atom. The Morgan fingerprint density at radius 1 is 0.892 bits per heavy atom. The molecular formula is C28H34ClN3O4S. The van der Waals surface area contributed by atoms with Crippen LogP contribution in [0.2, 0.25) is 0 Å². The van der Waals surface area contributed by atoms with Crippen molar-refractivity contribution < 1.29 is 18.0 Å². The molecule has 0 unspecified atom stereocenters. The van der Waals surface area contributed by atoms with Gasteiger partial charge in [0.15, 0.2) is 5.75 Å². The van der Waals surface area contributed by atoms with Crippen LogP contribution < -0.4 is 19.9 Å². The molecule has 2 N–H and O–H groups in total. The van der Waals surface area contributed by atoms with Gasteiger partial charge in [0.25, 0.3) is 15.9 Å². The maximum Gasteiger partial charge on any atom is 0.295 e. The van der Waals surface area contributed by atoms with E-state index in [4.69, 9.17) is 4.84 Å². The highest BCUT2D eigenvalue weighted by molar-refractivity contribution is 7.92. The second kappa shape index (κ2) is 14.0. The second-order valence-corrected chi connectivity index (χ2v) is 10.7. The lowest BCUT2D eigenvalue weighted by Crippen LogP contribution is -2.34. The van der Waals surface area contributed by atoms with Crippen molar-refractivity contribution in [3.8, 4) is 5.75 Å². The van der Waals surface area contributed by atoms with Gasteiger partial charge in [0, 0.05) is 12.1 Å². The second-order valence-electron chi connectivity index (χ2n) is 8.94. The minimum atomic E-state index is -4.05. The molecule has 0 bridgehead atoms. The molecular weight excluding hydrogens is 510 g/mol. The quantitative estimate of drug-likeness (QED) is 0.256. The van der Waals surface area contributed by atoms with E-state index in [1.165, 1.54) is 43.5 Å². The first-order valence-corrected chi connectivity index (χ1v) is 13.9. The number of hydrogen-bond acceptors (Lipinski definition) is 5. The molecule has 3 aromatic rings. The SMILES string of the molecule is Cl.O=C(NCCCCC1CCNCC1)c1ccc(S(=O)(=O)N(Oc2ccccc2)c2ccccc2)cc1. The number of piperidine rings is 1. The van der Waals surface area contributed by atoms with Crippen molar-refractivity contribution in [2.24, 2.45) is 5.92 Å². The Morgan fingerprint density at radius 3 is 2.16 bits per heavy atom. The number of sulfonamides is 1. The number of carbonyl (C=O) groups excluding carboxylic acids is 1. The number of nitrogens with zero attached hydrogens (tertiary/aromatic N) is 1. The van der Waals surface area contributed by atoms with Gasteiger partial charge in [0.1, 0.15) is 0 Å². The molecule has 0 atom stereocenters. The van der Waals surface area contributed by atoms with Crippen LogP contribution in [0.25, 0.3) is 0 Å². The topological polar surface area (TPSA) is 87.7 Å². The summed E-state index contributed by atoms with van der Waals surface area (Å²) >= 11 is 0. The third kappa shape index (κ3) is 7.95. The molecule has 0 aliphatic carbocycles. The van der Waals surface area contributed by atoms with Gasteiger partial charge in [-0.25, -0.2) is 0 Å². The van der Waals surface area contributed by atoms with Crippen molar-refractivity contribution in [1.29, 1.82) is 0 Å². The molecule has 9 heteroatoms. The monoisotopic (exact) mass is 543 g/mol. The van der Waals surface area contributed by atoms with Gasteiger partial charge in [-0.15, -0.1) is 12.4 Å². The van der Waals surface area contributed by atoms with Gasteiger partial charge in [-0.05, 0) is 86.8 Å². The number of halogens is 1. The Hall–Kier alpha value is -3.07. The molecule has 0 aromatic heterocycles. The zero-order valence-corrected chi connectivity index (χ0v) is 22.3. The maximum absolute atomic E-state index is 13.5. The first-order valence-electron chi connectivity index (χ1n) is 12.5. The van der Waals surface area contributed by atoms with Crippen LogP contribution in [0.4, 0.5) is 5.69 Å². The largest absolute Gasteiger partial charge is 0.364 e. The third-order valence-corrected chi connectivity index (χ3v) is 7.90. The molecule has 3 aromatic carbocycles. The van der Waals surface area contributed by atoms with Gasteiger partial charge >= 0.3 is 0 Å². The van der Waals surface area contributed by atoms with Crippen molar-refractivity contribution in [3.63, 3.8) is 0 Å². The lowest BCUT2D eigenvalue weighted by molar-refractivity contribution is 0.0952. The number of unbranched alkanes of at least 4 members (excludes halogenated alkanes) is 1. The summed E-state index contributed by atoms with van der Waals surface area (Å²) in [5, 5.41) is 6.32. The molecule has 1 amide bonds. The molecule has 4 rings (SSSR count). The number of rotatable bonds is 11. The van der Waals surface area contributed by atoms with Gasteiger partial charge in [-0.2, -0.15) is 8.42 Å². The molecule has 1 heterocycles. The minimum Gasteiger partial charge on any atom is -0.364 e. The summed E-state index contributed by atoms with van der Waals surface area (Å²) < 4.78 is 27.9. The van der Waals surface area contributed by atoms with E-state index in [9.17, 15) is 13.2 Å². The average Bonchev–Trinajstić information content (AvgIpc) is 2.93. The van der Waals surface area contributed by atoms with E-state index in [-0.39, 0.29) is 23.2 Å². The highest BCUT2D eigenvalue weighted by Crippen LogP contribution is 2.26. The molecule has 198 valence electrons. The van der Waals surface area contributed by atoms with E-state index in [2.05, 4.69) is 10.6 Å². The smallest absolute Gasteiger partial charge is 0.295 e. The first-order chi connectivity index (χ1) is 17.5. The average molecular weight is 544 g/mol. The first kappa shape index (κ1) is 28.5. The Bertz CT molecular complexity index is 1200. The highest BCUT2D eigenvalue weighted by atomic mass is 35.5. The fraction of sp³-hybridized carbons (Fsp3) is 0.321. The van der Waals surface area contributed by atoms with Gasteiger partial charge in [0.2, 0.25) is 0 Å². The van der Waals surface area contributed by atoms with Crippen LogP contribution in [0, 0.1) is 5.92 Å². The number of nitrogens with one attached hydrogen (secondary N) is 2. The zero-order valence-electron chi connectivity index (χ0n) is 20.7. The van der Waals surface area contributed by atoms with Crippen LogP contribution in [-0.4, -0.2) is 34.0 Å². The molecule has 1 aliphatic rings. The summed E-state index contributed by atoms with van der Waals surface area (Å²) in [5.74, 6) is 0.972. The summed E-state index contributed by atoms with van der Waals surface area (Å²) in [6.07, 6.45) is 5.70. The lowest BCUT2D eigenvalue weighted by atomic mass is 9.92. The number of hydrogen-bond donors (Lipinski definition) is 2. The molecule has 1 aliphatic heterocycles. The molecule has 7 nitrogen and oxygen atoms in total. The predicted octanol–water partition coefficient (Wildman–Crippen LogP) is 5.20. The Balaban J connectivity index is 0.00000380. The third-order valence-electron chi connectivity index (χ3n) is 6.31. The zero-order chi connectivity index (χ0) is 25.2. The summed E-state index contributed by atoms with van der Waals surface area (Å²) in [7, 11) is -4.05. The van der Waals surface area contributed by atoms with Crippen LogP contribution in [0.15, 0.2) is 89.8 Å². The van der Waals surface area contributed by atoms with Gasteiger partial charge < -0.3 is 15.5 Å². The van der Waals surface area contributed by atoms with Crippen LogP contribution in [0.1, 0.15) is 42.5 Å². The van der Waals surface area contributed by atoms with Crippen LogP contribution in [0.3, 0.4) is 0 Å². The van der Waals surface area contributed by atoms with Crippen molar-refractivity contribution in [1.82, 2.24) is 10.6 Å². The summed E-state index contributed by atoms with van der Waals surface area (Å²) in [4.78, 5) is 18.4. The fourth-order valence-electron chi connectivity index (χ4n) is 4.27. The normalized spacial score (nSPS) is 13.8. The highest BCUT2D eigenvalue weighted by Gasteiger charge is 2.27. The Labute approximate surface area is 225 Å². The molecule has 0 spiro atoms. The predicted molar refractivity (Wildman–Crippen MR) is 149 cm³/mol. The van der Waals surface area contributed by atoms with E-state index < -0.39 is 10.0 Å². The van der Waals surface area contributed by atoms with Gasteiger partial charge in [0.05, 0.1) is 10.6 Å². The van der Waals surface area contributed by atoms with Gasteiger partial charge in [-0.1, -0.05) is 53.7 Å². The molecule has 1 fully saturated rings. The van der Waals surface area contributed by atoms with E-state index in [0.717, 1.165) is 36.3 Å². The van der Waals surface area contributed by atoms with Crippen LogP contribution in [0.5, 0.6) is 5.75 Å². The maximum atomic E-state index is 13.5. The van der Waals surface area contributed by atoms with E-state index in [0.29, 0.717) is 23.5 Å². The number of carbonyl (C=O) groups is 1. The summed E-state index contributed by atoms with van der Waals surface area (Å²) in [5.41, 5.74) is 0.787. The molecule has 0 saturated carbocycles. The van der Waals surface area contributed by atoms with Crippen LogP contribution in [-0.2, 0) is 10.0 Å². The number of amides is 1. The summed E-state index contributed by atoms with van der Waals surface area (Å²) in [6, 6.07) is 23.3. The molecule has 0 radical (unpaired) electrons. The number of para-hydroxylation sites is 2. The lowest BCUT2D eigenvalue weighted by Gasteiger charge is -2.24. The standard InChI is InChI=1S/C28H33N3O4S.ClH/c32-28(30-20-8-7-9-23-18-21-29-22-19-23)24-14-16-27(17-15-24)36(33,34)31(25-10-3-1-4-11-25)35-26-12-5-2-6-13-26;/h1-6,10-17,23,29H,7-9,18-22H2,(H,30,32);1H. The minimum absolute atomic E-state index is 0. The van der Waals surface area contributed by atoms with E-state index in [1.807, 2.05) is 6.07 Å². The van der Waals surface area contributed by atoms with E-state index in [1.54, 1.807) is 54.6 Å². The summed E-state index contributed by atoms with van der Waals surface area (Å²) in [6.45, 7) is 2.82. The van der Waals surface area contributed by atoms with Crippen LogP contribution >= 0.6 is 12.4 Å². The fourth-order valence-corrected chi connectivity index (χ4v) is 5.53. The van der Waals surface area contributed by atoms with Gasteiger partial charge in [-0.3, -0.25) is 4.79 Å². The van der Waals surface area contributed by atoms with E-state index >= 15 is 0 Å². The molecule has 1 saturated heterocycles. The van der Waals surface area contributed by atoms with Crippen molar-refractivity contribution in [2.45, 2.75) is 37.0 Å². The number of anilines is 1. The van der Waals surface area contributed by atoms with Crippen molar-refractivity contribution in [3.05, 3.63) is 90.5 Å². The van der Waals surface area contributed by atoms with Crippen molar-refractivity contribution >= 4 is 34.0 Å². The molecule has 37 heavy (non-hydrogen) atoms. The Kier molecular flexibility index (Phi) is 10.8.